The predicted octanol–water partition coefficient (Wildman–Crippen LogP) is 2.82. The third-order valence-corrected chi connectivity index (χ3v) is 4.78. The summed E-state index contributed by atoms with van der Waals surface area (Å²) in [5.74, 6) is 0.0522. The zero-order valence-electron chi connectivity index (χ0n) is 13.5. The molecule has 1 aliphatic heterocycles. The first-order valence-electron chi connectivity index (χ1n) is 8.06. The normalized spacial score (nSPS) is 15.6. The van der Waals surface area contributed by atoms with E-state index >= 15 is 0 Å². The van der Waals surface area contributed by atoms with E-state index in [1.165, 1.54) is 0 Å². The molecule has 1 saturated heterocycles. The van der Waals surface area contributed by atoms with Crippen molar-refractivity contribution in [1.29, 1.82) is 0 Å². The Morgan fingerprint density at radius 2 is 2.17 bits per heavy atom. The number of carbonyl (C=O) groups is 2. The Morgan fingerprint density at radius 3 is 2.88 bits per heavy atom. The average molecular weight is 437 g/mol. The highest BCUT2D eigenvalue weighted by atomic mass is 127. The highest BCUT2D eigenvalue weighted by Crippen LogP contribution is 2.16. The molecule has 1 aromatic carbocycles. The van der Waals surface area contributed by atoms with Crippen LogP contribution in [0.25, 0.3) is 5.69 Å². The third kappa shape index (κ3) is 3.80. The molecule has 0 aliphatic carbocycles. The van der Waals surface area contributed by atoms with Crippen molar-refractivity contribution in [1.82, 2.24) is 14.8 Å². The molecular weight excluding hydrogens is 417 g/mol. The minimum absolute atomic E-state index is 0.0844. The lowest BCUT2D eigenvalue weighted by atomic mass is 10.2. The van der Waals surface area contributed by atoms with Gasteiger partial charge in [0.1, 0.15) is 5.69 Å². The number of nitrogens with one attached hydrogen (secondary N) is 1. The van der Waals surface area contributed by atoms with E-state index in [9.17, 15) is 9.59 Å². The smallest absolute Gasteiger partial charge is 0.268 e. The van der Waals surface area contributed by atoms with Gasteiger partial charge in [0.25, 0.3) is 5.91 Å². The summed E-state index contributed by atoms with van der Waals surface area (Å²) in [7, 11) is 0. The molecule has 1 N–H and O–H groups in total. The number of hydrogen-bond donors (Lipinski definition) is 1. The Morgan fingerprint density at radius 1 is 1.33 bits per heavy atom. The Hall–Kier alpha value is -1.83. The fourth-order valence-electron chi connectivity index (χ4n) is 2.99. The maximum Gasteiger partial charge on any atom is 0.268 e. The molecule has 0 bridgehead atoms. The average Bonchev–Trinajstić information content (AvgIpc) is 3.17. The van der Waals surface area contributed by atoms with Gasteiger partial charge in [0.05, 0.1) is 0 Å². The zero-order chi connectivity index (χ0) is 17.1. The van der Waals surface area contributed by atoms with Crippen LogP contribution in [0.3, 0.4) is 0 Å². The molecule has 2 heterocycles. The van der Waals surface area contributed by atoms with Gasteiger partial charge in [-0.05, 0) is 66.3 Å². The van der Waals surface area contributed by atoms with Crippen LogP contribution in [0.1, 0.15) is 30.3 Å². The number of halogens is 1. The molecular formula is C18H20IN3O2. The van der Waals surface area contributed by atoms with E-state index in [-0.39, 0.29) is 17.9 Å². The van der Waals surface area contributed by atoms with Gasteiger partial charge in [-0.3, -0.25) is 9.59 Å². The fourth-order valence-corrected chi connectivity index (χ4v) is 3.51. The van der Waals surface area contributed by atoms with E-state index in [0.29, 0.717) is 18.7 Å². The van der Waals surface area contributed by atoms with E-state index in [4.69, 9.17) is 0 Å². The van der Waals surface area contributed by atoms with Gasteiger partial charge < -0.3 is 14.8 Å². The van der Waals surface area contributed by atoms with Crippen LogP contribution in [0, 0.1) is 3.57 Å². The van der Waals surface area contributed by atoms with Crippen molar-refractivity contribution in [3.8, 4) is 5.69 Å². The molecule has 1 fully saturated rings. The van der Waals surface area contributed by atoms with Crippen molar-refractivity contribution >= 4 is 34.4 Å². The predicted molar refractivity (Wildman–Crippen MR) is 101 cm³/mol. The SMILES string of the molecule is C[C@H](CN1CCCC1=O)NC(=O)c1cccn1-c1cccc(I)c1. The van der Waals surface area contributed by atoms with Crippen LogP contribution in [-0.4, -0.2) is 40.4 Å². The molecule has 2 aromatic rings. The lowest BCUT2D eigenvalue weighted by Crippen LogP contribution is -2.42. The Balaban J connectivity index is 1.69. The summed E-state index contributed by atoms with van der Waals surface area (Å²) < 4.78 is 3.00. The molecule has 6 heteroatoms. The van der Waals surface area contributed by atoms with Crippen LogP contribution < -0.4 is 5.32 Å². The van der Waals surface area contributed by atoms with E-state index in [1.54, 1.807) is 0 Å². The molecule has 0 spiro atoms. The summed E-state index contributed by atoms with van der Waals surface area (Å²) in [6, 6.07) is 11.6. The molecule has 5 nitrogen and oxygen atoms in total. The Labute approximate surface area is 155 Å². The second kappa shape index (κ2) is 7.38. The summed E-state index contributed by atoms with van der Waals surface area (Å²) in [5, 5.41) is 3.00. The van der Waals surface area contributed by atoms with Gasteiger partial charge in [0, 0.05) is 41.0 Å². The van der Waals surface area contributed by atoms with Crippen molar-refractivity contribution in [2.75, 3.05) is 13.1 Å². The number of likely N-dealkylation sites (tertiary alicyclic amines) is 1. The van der Waals surface area contributed by atoms with Crippen LogP contribution in [0.4, 0.5) is 0 Å². The second-order valence-corrected chi connectivity index (χ2v) is 7.31. The minimum Gasteiger partial charge on any atom is -0.347 e. The van der Waals surface area contributed by atoms with E-state index < -0.39 is 0 Å². The van der Waals surface area contributed by atoms with Crippen molar-refractivity contribution in [3.05, 3.63) is 51.9 Å². The van der Waals surface area contributed by atoms with Crippen molar-refractivity contribution < 1.29 is 9.59 Å². The van der Waals surface area contributed by atoms with Crippen LogP contribution in [0.5, 0.6) is 0 Å². The topological polar surface area (TPSA) is 54.3 Å². The first-order chi connectivity index (χ1) is 11.5. The molecule has 1 atom stereocenters. The van der Waals surface area contributed by atoms with Crippen LogP contribution >= 0.6 is 22.6 Å². The van der Waals surface area contributed by atoms with Crippen LogP contribution in [-0.2, 0) is 4.79 Å². The highest BCUT2D eigenvalue weighted by molar-refractivity contribution is 14.1. The maximum absolute atomic E-state index is 12.6. The highest BCUT2D eigenvalue weighted by Gasteiger charge is 2.23. The molecule has 0 radical (unpaired) electrons. The number of aromatic nitrogens is 1. The van der Waals surface area contributed by atoms with Crippen LogP contribution in [0.15, 0.2) is 42.6 Å². The lowest BCUT2D eigenvalue weighted by molar-refractivity contribution is -0.127. The summed E-state index contributed by atoms with van der Waals surface area (Å²) >= 11 is 2.26. The largest absolute Gasteiger partial charge is 0.347 e. The summed E-state index contributed by atoms with van der Waals surface area (Å²) in [4.78, 5) is 26.1. The summed E-state index contributed by atoms with van der Waals surface area (Å²) in [6.07, 6.45) is 3.42. The third-order valence-electron chi connectivity index (χ3n) is 4.11. The van der Waals surface area contributed by atoms with E-state index in [2.05, 4.69) is 27.9 Å². The monoisotopic (exact) mass is 437 g/mol. The summed E-state index contributed by atoms with van der Waals surface area (Å²) in [6.45, 7) is 3.29. The number of rotatable bonds is 5. The number of amides is 2. The number of benzene rings is 1. The van der Waals surface area contributed by atoms with Crippen LogP contribution in [0.2, 0.25) is 0 Å². The molecule has 3 rings (SSSR count). The zero-order valence-corrected chi connectivity index (χ0v) is 15.7. The van der Waals surface area contributed by atoms with Gasteiger partial charge >= 0.3 is 0 Å². The lowest BCUT2D eigenvalue weighted by Gasteiger charge is -2.22. The van der Waals surface area contributed by atoms with Crippen molar-refractivity contribution in [2.45, 2.75) is 25.8 Å². The van der Waals surface area contributed by atoms with Gasteiger partial charge in [-0.25, -0.2) is 0 Å². The first kappa shape index (κ1) is 17.0. The molecule has 126 valence electrons. The number of hydrogen-bond acceptors (Lipinski definition) is 2. The molecule has 2 amide bonds. The minimum atomic E-state index is -0.127. The van der Waals surface area contributed by atoms with Gasteiger partial charge in [-0.1, -0.05) is 6.07 Å². The van der Waals surface area contributed by atoms with Gasteiger partial charge in [0.15, 0.2) is 0 Å². The molecule has 0 unspecified atom stereocenters. The van der Waals surface area contributed by atoms with E-state index in [0.717, 1.165) is 22.2 Å². The number of nitrogens with zero attached hydrogens (tertiary/aromatic N) is 2. The van der Waals surface area contributed by atoms with Gasteiger partial charge in [0.2, 0.25) is 5.91 Å². The Bertz CT molecular complexity index is 756. The van der Waals surface area contributed by atoms with Gasteiger partial charge in [-0.15, -0.1) is 0 Å². The van der Waals surface area contributed by atoms with Gasteiger partial charge in [-0.2, -0.15) is 0 Å². The molecule has 24 heavy (non-hydrogen) atoms. The molecule has 1 aliphatic rings. The standard InChI is InChI=1S/C18H20IN3O2/c1-13(12-21-9-4-8-17(21)23)20-18(24)16-7-3-10-22(16)15-6-2-5-14(19)11-15/h2-3,5-7,10-11,13H,4,8-9,12H2,1H3,(H,20,24)/t13-/m1/s1. The number of carbonyl (C=O) groups excluding carboxylic acids is 2. The fraction of sp³-hybridized carbons (Fsp3) is 0.333. The van der Waals surface area contributed by atoms with E-state index in [1.807, 2.05) is 59.0 Å². The summed E-state index contributed by atoms with van der Waals surface area (Å²) in [5.41, 5.74) is 1.55. The second-order valence-electron chi connectivity index (χ2n) is 6.06. The first-order valence-corrected chi connectivity index (χ1v) is 9.14. The molecule has 0 saturated carbocycles. The quantitative estimate of drug-likeness (QED) is 0.732. The molecule has 1 aromatic heterocycles. The maximum atomic E-state index is 12.6. The van der Waals surface area contributed by atoms with Crippen molar-refractivity contribution in [3.63, 3.8) is 0 Å². The van der Waals surface area contributed by atoms with Crippen molar-refractivity contribution in [2.24, 2.45) is 0 Å². The Kier molecular flexibility index (Phi) is 5.23.